The van der Waals surface area contributed by atoms with Gasteiger partial charge in [0, 0.05) is 17.2 Å². The van der Waals surface area contributed by atoms with Crippen molar-refractivity contribution in [3.8, 4) is 0 Å². The predicted molar refractivity (Wildman–Crippen MR) is 80.3 cm³/mol. The van der Waals surface area contributed by atoms with Crippen molar-refractivity contribution in [2.75, 3.05) is 19.8 Å². The summed E-state index contributed by atoms with van der Waals surface area (Å²) in [5, 5.41) is 0. The van der Waals surface area contributed by atoms with Crippen LogP contribution in [-0.4, -0.2) is 36.6 Å². The molecule has 1 aromatic carbocycles. The number of hydrogen-bond acceptors (Lipinski definition) is 5. The molecule has 9 heteroatoms. The maximum atomic E-state index is 12.0. The lowest BCUT2D eigenvalue weighted by Gasteiger charge is -2.08. The Kier molecular flexibility index (Phi) is 6.82. The molecule has 0 saturated carbocycles. The summed E-state index contributed by atoms with van der Waals surface area (Å²) in [6.45, 7) is 4.29. The molecule has 1 aromatic rings. The van der Waals surface area contributed by atoms with Crippen LogP contribution in [0.3, 0.4) is 0 Å². The van der Waals surface area contributed by atoms with E-state index in [2.05, 4.69) is 11.3 Å². The van der Waals surface area contributed by atoms with Crippen molar-refractivity contribution in [1.29, 1.82) is 0 Å². The molecule has 0 unspecified atom stereocenters. The van der Waals surface area contributed by atoms with Gasteiger partial charge in [-0.2, -0.15) is 0 Å². The third kappa shape index (κ3) is 6.15. The van der Waals surface area contributed by atoms with Crippen LogP contribution in [0.15, 0.2) is 46.7 Å². The summed E-state index contributed by atoms with van der Waals surface area (Å²) in [7, 11) is -2.60. The van der Waals surface area contributed by atoms with Crippen LogP contribution in [-0.2, 0) is 23.8 Å². The molecule has 0 radical (unpaired) electrons. The van der Waals surface area contributed by atoms with E-state index in [4.69, 9.17) is 15.4 Å². The zero-order chi connectivity index (χ0) is 15.9. The lowest BCUT2D eigenvalue weighted by Crippen LogP contribution is -2.27. The fourth-order valence-electron chi connectivity index (χ4n) is 1.39. The summed E-state index contributed by atoms with van der Waals surface area (Å²) in [6.07, 6.45) is 2.38. The van der Waals surface area contributed by atoms with Gasteiger partial charge in [0.1, 0.15) is 0 Å². The van der Waals surface area contributed by atoms with E-state index in [0.29, 0.717) is 13.0 Å². The smallest absolute Gasteiger partial charge is 0.261 e. The molecule has 0 aliphatic carbocycles. The number of halogens is 1. The first-order chi connectivity index (χ1) is 9.77. The summed E-state index contributed by atoms with van der Waals surface area (Å²) in [4.78, 5) is -0.440. The molecule has 1 rings (SSSR count). The molecule has 0 bridgehead atoms. The van der Waals surface area contributed by atoms with Crippen molar-refractivity contribution in [3.63, 3.8) is 0 Å². The van der Waals surface area contributed by atoms with E-state index in [1.807, 2.05) is 0 Å². The van der Waals surface area contributed by atoms with Gasteiger partial charge < -0.3 is 4.74 Å². The van der Waals surface area contributed by atoms with Crippen LogP contribution >= 0.6 is 10.7 Å². The molecule has 0 amide bonds. The lowest BCUT2D eigenvalue weighted by molar-refractivity contribution is 0.144. The lowest BCUT2D eigenvalue weighted by atomic mass is 10.4. The molecule has 0 atom stereocenters. The molecule has 118 valence electrons. The maximum Gasteiger partial charge on any atom is 0.261 e. The minimum atomic E-state index is -3.98. The van der Waals surface area contributed by atoms with Crippen molar-refractivity contribution < 1.29 is 21.6 Å². The van der Waals surface area contributed by atoms with Gasteiger partial charge in [-0.3, -0.25) is 0 Å². The van der Waals surface area contributed by atoms with Gasteiger partial charge in [0.2, 0.25) is 10.0 Å². The van der Waals surface area contributed by atoms with E-state index in [1.165, 1.54) is 18.2 Å². The first-order valence-corrected chi connectivity index (χ1v) is 9.79. The van der Waals surface area contributed by atoms with Gasteiger partial charge in [-0.25, -0.2) is 21.6 Å². The number of nitrogens with one attached hydrogen (secondary N) is 1. The van der Waals surface area contributed by atoms with Crippen LogP contribution in [0.4, 0.5) is 0 Å². The molecular weight excluding hydrogens is 338 g/mol. The van der Waals surface area contributed by atoms with Gasteiger partial charge in [0.25, 0.3) is 9.05 Å². The normalized spacial score (nSPS) is 12.2. The Bertz CT molecular complexity index is 685. The molecule has 0 aromatic heterocycles. The van der Waals surface area contributed by atoms with Gasteiger partial charge in [-0.1, -0.05) is 12.1 Å². The molecule has 0 saturated heterocycles. The van der Waals surface area contributed by atoms with Crippen LogP contribution in [0.2, 0.25) is 0 Å². The molecule has 6 nitrogen and oxygen atoms in total. The molecule has 0 aliphatic heterocycles. The van der Waals surface area contributed by atoms with Crippen molar-refractivity contribution in [2.45, 2.75) is 16.2 Å². The van der Waals surface area contributed by atoms with E-state index in [0.717, 1.165) is 6.07 Å². The van der Waals surface area contributed by atoms with E-state index < -0.39 is 19.1 Å². The highest BCUT2D eigenvalue weighted by atomic mass is 35.7. The third-order valence-corrected chi connectivity index (χ3v) is 5.21. The third-order valence-electron chi connectivity index (χ3n) is 2.40. The summed E-state index contributed by atoms with van der Waals surface area (Å²) in [6, 6.07) is 4.82. The van der Waals surface area contributed by atoms with Crippen molar-refractivity contribution in [2.24, 2.45) is 0 Å². The minimum Gasteiger partial charge on any atom is -0.380 e. The quantitative estimate of drug-likeness (QED) is 0.412. The van der Waals surface area contributed by atoms with Crippen molar-refractivity contribution in [1.82, 2.24) is 4.72 Å². The monoisotopic (exact) mass is 353 g/mol. The highest BCUT2D eigenvalue weighted by Gasteiger charge is 2.17. The van der Waals surface area contributed by atoms with Crippen LogP contribution in [0.25, 0.3) is 0 Å². The Balaban J connectivity index is 2.69. The second kappa shape index (κ2) is 7.90. The van der Waals surface area contributed by atoms with Gasteiger partial charge >= 0.3 is 0 Å². The molecule has 0 heterocycles. The van der Waals surface area contributed by atoms with E-state index in [1.54, 1.807) is 6.08 Å². The van der Waals surface area contributed by atoms with Crippen LogP contribution < -0.4 is 4.72 Å². The number of rotatable bonds is 9. The average Bonchev–Trinajstić information content (AvgIpc) is 2.42. The average molecular weight is 354 g/mol. The second-order valence-corrected chi connectivity index (χ2v) is 8.33. The second-order valence-electron chi connectivity index (χ2n) is 4.00. The standard InChI is InChI=1S/C12H16ClNO5S2/c1-2-3-8-19-9-7-14-21(17,18)12-6-4-5-11(10-12)20(13,15)16/h2,4-6,10,14H,1,3,7-9H2. The van der Waals surface area contributed by atoms with Gasteiger partial charge in [0.15, 0.2) is 0 Å². The van der Waals surface area contributed by atoms with Crippen molar-refractivity contribution in [3.05, 3.63) is 36.9 Å². The number of ether oxygens (including phenoxy) is 1. The SMILES string of the molecule is C=CCCOCCNS(=O)(=O)c1cccc(S(=O)(=O)Cl)c1. The van der Waals surface area contributed by atoms with Crippen LogP contribution in [0.5, 0.6) is 0 Å². The van der Waals surface area contributed by atoms with Gasteiger partial charge in [-0.05, 0) is 24.6 Å². The highest BCUT2D eigenvalue weighted by molar-refractivity contribution is 8.13. The largest absolute Gasteiger partial charge is 0.380 e. The molecule has 0 aliphatic rings. The topological polar surface area (TPSA) is 89.5 Å². The zero-order valence-electron chi connectivity index (χ0n) is 11.2. The maximum absolute atomic E-state index is 12.0. The fraction of sp³-hybridized carbons (Fsp3) is 0.333. The zero-order valence-corrected chi connectivity index (χ0v) is 13.5. The molecule has 0 fully saturated rings. The Morgan fingerprint density at radius 3 is 2.48 bits per heavy atom. The first-order valence-electron chi connectivity index (χ1n) is 6.00. The van der Waals surface area contributed by atoms with Gasteiger partial charge in [0.05, 0.1) is 23.0 Å². The molecule has 0 spiro atoms. The van der Waals surface area contributed by atoms with Crippen LogP contribution in [0.1, 0.15) is 6.42 Å². The molecule has 21 heavy (non-hydrogen) atoms. The molecule has 1 N–H and O–H groups in total. The first kappa shape index (κ1) is 18.1. The highest BCUT2D eigenvalue weighted by Crippen LogP contribution is 2.18. The summed E-state index contributed by atoms with van der Waals surface area (Å²) < 4.78 is 53.8. The molecular formula is C12H16ClNO5S2. The van der Waals surface area contributed by atoms with E-state index >= 15 is 0 Å². The minimum absolute atomic E-state index is 0.0807. The Morgan fingerprint density at radius 2 is 1.86 bits per heavy atom. The Labute approximate surface area is 129 Å². The number of benzene rings is 1. The number of sulfonamides is 1. The predicted octanol–water partition coefficient (Wildman–Crippen LogP) is 1.49. The summed E-state index contributed by atoms with van der Waals surface area (Å²) >= 11 is 0. The summed E-state index contributed by atoms with van der Waals surface area (Å²) in [5.74, 6) is 0. The number of hydrogen-bond donors (Lipinski definition) is 1. The fourth-order valence-corrected chi connectivity index (χ4v) is 3.32. The van der Waals surface area contributed by atoms with Crippen molar-refractivity contribution >= 4 is 29.8 Å². The summed E-state index contributed by atoms with van der Waals surface area (Å²) in [5.41, 5.74) is 0. The van der Waals surface area contributed by atoms with E-state index in [9.17, 15) is 16.8 Å². The Morgan fingerprint density at radius 1 is 1.19 bits per heavy atom. The van der Waals surface area contributed by atoms with E-state index in [-0.39, 0.29) is 22.9 Å². The van der Waals surface area contributed by atoms with Gasteiger partial charge in [-0.15, -0.1) is 6.58 Å². The Hall–Kier alpha value is -0.930. The van der Waals surface area contributed by atoms with Crippen LogP contribution in [0, 0.1) is 0 Å².